The zero-order chi connectivity index (χ0) is 25.6. The lowest BCUT2D eigenvalue weighted by Crippen LogP contribution is -2.17. The summed E-state index contributed by atoms with van der Waals surface area (Å²) in [6.07, 6.45) is -3.74. The smallest absolute Gasteiger partial charge is 0.469 e. The van der Waals surface area contributed by atoms with Crippen LogP contribution in [0.25, 0.3) is 33.7 Å². The molecule has 4 aromatic rings. The van der Waals surface area contributed by atoms with E-state index >= 15 is 0 Å². The number of carbonyl (C=O) groups excluding carboxylic acids is 1. The normalized spacial score (nSPS) is 15.1. The van der Waals surface area contributed by atoms with Crippen molar-refractivity contribution >= 4 is 39.5 Å². The summed E-state index contributed by atoms with van der Waals surface area (Å²) >= 11 is 2.27. The molecule has 1 atom stereocenters. The number of esters is 1. The molecule has 184 valence electrons. The number of methoxy groups -OCH3 is 1. The van der Waals surface area contributed by atoms with Crippen LogP contribution in [0.2, 0.25) is 0 Å². The molecule has 0 spiro atoms. The molecule has 5 rings (SSSR count). The Morgan fingerprint density at radius 2 is 2.08 bits per heavy atom. The fourth-order valence-electron chi connectivity index (χ4n) is 4.46. The molecule has 0 bridgehead atoms. The maximum atomic E-state index is 12.7. The van der Waals surface area contributed by atoms with Gasteiger partial charge in [0.25, 0.3) is 5.89 Å². The quantitative estimate of drug-likeness (QED) is 0.209. The van der Waals surface area contributed by atoms with E-state index in [0.29, 0.717) is 12.0 Å². The van der Waals surface area contributed by atoms with Crippen molar-refractivity contribution in [3.8, 4) is 34.7 Å². The van der Waals surface area contributed by atoms with Gasteiger partial charge in [-0.3, -0.25) is 4.79 Å². The first-order valence-corrected chi connectivity index (χ1v) is 11.8. The SMILES string of the molecule is COC(=O)CC1CCn2c1c(I)c1cc(-c3noc(-c4cc(C#N)cc(OC(F)(F)F)c4)n3)ccc12. The molecule has 0 fully saturated rings. The van der Waals surface area contributed by atoms with Crippen LogP contribution in [0.5, 0.6) is 5.75 Å². The van der Waals surface area contributed by atoms with E-state index in [1.54, 1.807) is 6.07 Å². The number of benzene rings is 2. The Hall–Kier alpha value is -3.60. The largest absolute Gasteiger partial charge is 0.573 e. The third kappa shape index (κ3) is 4.50. The summed E-state index contributed by atoms with van der Waals surface area (Å²) in [4.78, 5) is 16.2. The van der Waals surface area contributed by atoms with Gasteiger partial charge in [-0.1, -0.05) is 5.16 Å². The van der Waals surface area contributed by atoms with Gasteiger partial charge in [-0.15, -0.1) is 13.2 Å². The van der Waals surface area contributed by atoms with E-state index in [1.807, 2.05) is 18.2 Å². The van der Waals surface area contributed by atoms with Gasteiger partial charge < -0.3 is 18.6 Å². The van der Waals surface area contributed by atoms with E-state index in [4.69, 9.17) is 9.26 Å². The highest BCUT2D eigenvalue weighted by Crippen LogP contribution is 2.42. The van der Waals surface area contributed by atoms with Crippen molar-refractivity contribution in [2.24, 2.45) is 0 Å². The van der Waals surface area contributed by atoms with Crippen LogP contribution in [-0.4, -0.2) is 34.1 Å². The molecule has 1 aliphatic rings. The van der Waals surface area contributed by atoms with Crippen LogP contribution in [0.3, 0.4) is 0 Å². The average molecular weight is 608 g/mol. The highest BCUT2D eigenvalue weighted by molar-refractivity contribution is 14.1. The topological polar surface area (TPSA) is 103 Å². The Labute approximate surface area is 215 Å². The third-order valence-corrected chi connectivity index (χ3v) is 7.10. The van der Waals surface area contributed by atoms with Gasteiger partial charge >= 0.3 is 12.3 Å². The molecule has 12 heteroatoms. The molecule has 2 aromatic heterocycles. The van der Waals surface area contributed by atoms with Gasteiger partial charge in [0, 0.05) is 43.8 Å². The lowest BCUT2D eigenvalue weighted by atomic mass is 10.00. The number of alkyl halides is 3. The first kappa shape index (κ1) is 24.1. The molecule has 0 amide bonds. The molecule has 2 aromatic carbocycles. The number of nitriles is 1. The Bertz CT molecular complexity index is 1540. The molecule has 8 nitrogen and oxygen atoms in total. The number of rotatable bonds is 5. The third-order valence-electron chi connectivity index (χ3n) is 5.97. The molecule has 3 heterocycles. The average Bonchev–Trinajstić information content (AvgIpc) is 3.55. The van der Waals surface area contributed by atoms with Gasteiger partial charge in [0.05, 0.1) is 25.2 Å². The Morgan fingerprint density at radius 1 is 1.28 bits per heavy atom. The molecule has 0 aliphatic carbocycles. The Balaban J connectivity index is 1.49. The van der Waals surface area contributed by atoms with Gasteiger partial charge in [0.2, 0.25) is 5.82 Å². The predicted octanol–water partition coefficient (Wildman–Crippen LogP) is 5.78. The van der Waals surface area contributed by atoms with Crippen molar-refractivity contribution in [1.82, 2.24) is 14.7 Å². The summed E-state index contributed by atoms with van der Waals surface area (Å²) in [5.41, 5.74) is 2.83. The van der Waals surface area contributed by atoms with Gasteiger partial charge in [0.1, 0.15) is 5.75 Å². The second kappa shape index (κ2) is 9.12. The number of carbonyl (C=O) groups is 1. The van der Waals surface area contributed by atoms with E-state index in [2.05, 4.69) is 42.0 Å². The maximum absolute atomic E-state index is 12.7. The summed E-state index contributed by atoms with van der Waals surface area (Å²) in [5, 5.41) is 14.1. The van der Waals surface area contributed by atoms with Crippen molar-refractivity contribution in [3.05, 3.63) is 51.2 Å². The van der Waals surface area contributed by atoms with Crippen LogP contribution in [-0.2, 0) is 16.1 Å². The molecular formula is C24H16F3IN4O4. The summed E-state index contributed by atoms with van der Waals surface area (Å²) in [6, 6.07) is 10.9. The van der Waals surface area contributed by atoms with Crippen molar-refractivity contribution < 1.29 is 32.0 Å². The summed E-state index contributed by atoms with van der Waals surface area (Å²) in [6.45, 7) is 0.791. The summed E-state index contributed by atoms with van der Waals surface area (Å²) in [5.74, 6) is -0.560. The van der Waals surface area contributed by atoms with E-state index in [-0.39, 0.29) is 34.7 Å². The highest BCUT2D eigenvalue weighted by Gasteiger charge is 2.32. The standard InChI is InChI=1S/C24H16F3IN4O4/c1-34-19(33)10-13-4-5-32-18-3-2-14(9-17(18)20(28)21(13)32)22-30-23(36-31-22)15-6-12(11-29)7-16(8-15)35-24(25,26)27/h2-3,6-9,13H,4-5,10H2,1H3. The second-order valence-corrected chi connectivity index (χ2v) is 9.26. The van der Waals surface area contributed by atoms with E-state index in [0.717, 1.165) is 45.3 Å². The van der Waals surface area contributed by atoms with E-state index in [9.17, 15) is 23.2 Å². The van der Waals surface area contributed by atoms with Crippen LogP contribution in [0.1, 0.15) is 30.0 Å². The van der Waals surface area contributed by atoms with Crippen LogP contribution in [0.4, 0.5) is 13.2 Å². The van der Waals surface area contributed by atoms with Crippen molar-refractivity contribution in [2.45, 2.75) is 31.7 Å². The summed E-state index contributed by atoms with van der Waals surface area (Å²) in [7, 11) is 1.38. The number of aryl methyl sites for hydroxylation is 1. The first-order chi connectivity index (χ1) is 17.2. The minimum atomic E-state index is -4.91. The monoisotopic (exact) mass is 608 g/mol. The number of fused-ring (bicyclic) bond motifs is 3. The first-order valence-electron chi connectivity index (χ1n) is 10.7. The van der Waals surface area contributed by atoms with Crippen LogP contribution >= 0.6 is 22.6 Å². The van der Waals surface area contributed by atoms with Crippen molar-refractivity contribution in [3.63, 3.8) is 0 Å². The zero-order valence-corrected chi connectivity index (χ0v) is 20.8. The second-order valence-electron chi connectivity index (χ2n) is 8.18. The Morgan fingerprint density at radius 3 is 2.81 bits per heavy atom. The predicted molar refractivity (Wildman–Crippen MR) is 129 cm³/mol. The van der Waals surface area contributed by atoms with Crippen LogP contribution in [0, 0.1) is 14.9 Å². The lowest BCUT2D eigenvalue weighted by molar-refractivity contribution is -0.274. The number of ether oxygens (including phenoxy) is 2. The minimum absolute atomic E-state index is 0.0488. The number of aromatic nitrogens is 3. The van der Waals surface area contributed by atoms with Crippen LogP contribution < -0.4 is 4.74 Å². The molecular weight excluding hydrogens is 592 g/mol. The van der Waals surface area contributed by atoms with E-state index < -0.39 is 12.1 Å². The molecule has 0 radical (unpaired) electrons. The van der Waals surface area contributed by atoms with Gasteiger partial charge in [-0.25, -0.2) is 0 Å². The number of nitrogens with zero attached hydrogens (tertiary/aromatic N) is 4. The van der Waals surface area contributed by atoms with Gasteiger partial charge in [-0.05, 0) is 65.4 Å². The molecule has 1 aliphatic heterocycles. The van der Waals surface area contributed by atoms with Crippen LogP contribution in [0.15, 0.2) is 40.9 Å². The molecule has 0 saturated carbocycles. The lowest BCUT2D eigenvalue weighted by Gasteiger charge is -2.09. The number of halogens is 4. The molecule has 36 heavy (non-hydrogen) atoms. The van der Waals surface area contributed by atoms with Gasteiger partial charge in [0.15, 0.2) is 0 Å². The molecule has 1 unspecified atom stereocenters. The molecule has 0 N–H and O–H groups in total. The summed E-state index contributed by atoms with van der Waals surface area (Å²) < 4.78 is 55.4. The fraction of sp³-hybridized carbons (Fsp3) is 0.250. The molecule has 0 saturated heterocycles. The highest BCUT2D eigenvalue weighted by atomic mass is 127. The van der Waals surface area contributed by atoms with Crippen molar-refractivity contribution in [1.29, 1.82) is 5.26 Å². The van der Waals surface area contributed by atoms with E-state index in [1.165, 1.54) is 13.2 Å². The number of hydrogen-bond donors (Lipinski definition) is 0. The van der Waals surface area contributed by atoms with Gasteiger partial charge in [-0.2, -0.15) is 10.2 Å². The number of hydrogen-bond acceptors (Lipinski definition) is 7. The zero-order valence-electron chi connectivity index (χ0n) is 18.6. The Kier molecular flexibility index (Phi) is 6.11. The minimum Gasteiger partial charge on any atom is -0.469 e. The van der Waals surface area contributed by atoms with Crippen molar-refractivity contribution in [2.75, 3.05) is 7.11 Å². The fourth-order valence-corrected chi connectivity index (χ4v) is 5.62. The maximum Gasteiger partial charge on any atom is 0.573 e.